The summed E-state index contributed by atoms with van der Waals surface area (Å²) in [4.78, 5) is 28.8. The number of fused-ring (bicyclic) bond motifs is 7. The molecule has 4 saturated carbocycles. The van der Waals surface area contributed by atoms with Crippen LogP contribution in [0.3, 0.4) is 0 Å². The molecule has 48 heavy (non-hydrogen) atoms. The zero-order valence-electron chi connectivity index (χ0n) is 30.9. The van der Waals surface area contributed by atoms with E-state index in [4.69, 9.17) is 0 Å². The molecule has 1 amide bonds. The molecule has 7 rings (SSSR count). The fourth-order valence-electron chi connectivity index (χ4n) is 13.6. The molecule has 6 nitrogen and oxygen atoms in total. The molecule has 0 radical (unpaired) electrons. The zero-order valence-corrected chi connectivity index (χ0v) is 30.9. The Hall–Kier alpha value is -2.18. The molecule has 0 aromatic heterocycles. The first-order valence-corrected chi connectivity index (χ1v) is 19.5. The number of hydrogen-bond donors (Lipinski definition) is 2. The van der Waals surface area contributed by atoms with Crippen LogP contribution in [0.25, 0.3) is 5.57 Å². The molecule has 264 valence electrons. The van der Waals surface area contributed by atoms with Gasteiger partial charge in [0.1, 0.15) is 0 Å². The van der Waals surface area contributed by atoms with E-state index in [9.17, 15) is 14.7 Å². The molecular formula is C42H63N3O3. The number of rotatable bonds is 7. The van der Waals surface area contributed by atoms with Crippen molar-refractivity contribution in [2.24, 2.45) is 50.7 Å². The highest BCUT2D eigenvalue weighted by molar-refractivity contribution is 5.88. The average Bonchev–Trinajstić information content (AvgIpc) is 3.48. The summed E-state index contributed by atoms with van der Waals surface area (Å²) >= 11 is 0. The lowest BCUT2D eigenvalue weighted by Gasteiger charge is -2.72. The van der Waals surface area contributed by atoms with Gasteiger partial charge in [0.05, 0.1) is 5.56 Å². The third kappa shape index (κ3) is 5.24. The summed E-state index contributed by atoms with van der Waals surface area (Å²) < 4.78 is 0. The predicted molar refractivity (Wildman–Crippen MR) is 194 cm³/mol. The SMILES string of the molecule is CN1CCN(C(=O)CCNC[C@]23CCCC2[C@H]2CCC4[C@@]5(C)CC=C(c6ccc(C(=O)O)cc6)C(C)(C)C5CC[C@@]4(C)[C@]2(C)CC3)CC1. The van der Waals surface area contributed by atoms with Gasteiger partial charge in [-0.25, -0.2) is 4.79 Å². The Balaban J connectivity index is 1.06. The van der Waals surface area contributed by atoms with E-state index in [2.05, 4.69) is 62.9 Å². The highest BCUT2D eigenvalue weighted by atomic mass is 16.4. The molecule has 8 atom stereocenters. The minimum atomic E-state index is -0.858. The van der Waals surface area contributed by atoms with Crippen molar-refractivity contribution in [3.63, 3.8) is 0 Å². The van der Waals surface area contributed by atoms with Gasteiger partial charge in [0, 0.05) is 45.7 Å². The fourth-order valence-corrected chi connectivity index (χ4v) is 13.6. The zero-order chi connectivity index (χ0) is 34.1. The molecule has 3 unspecified atom stereocenters. The van der Waals surface area contributed by atoms with Crippen LogP contribution < -0.4 is 5.32 Å². The van der Waals surface area contributed by atoms with Gasteiger partial charge in [-0.15, -0.1) is 0 Å². The molecule has 1 aliphatic heterocycles. The van der Waals surface area contributed by atoms with Crippen LogP contribution in [0.4, 0.5) is 0 Å². The number of carboxylic acid groups (broad SMARTS) is 1. The number of nitrogens with one attached hydrogen (secondary N) is 1. The van der Waals surface area contributed by atoms with Crippen molar-refractivity contribution in [1.82, 2.24) is 15.1 Å². The van der Waals surface area contributed by atoms with E-state index in [0.29, 0.717) is 40.1 Å². The number of benzene rings is 1. The summed E-state index contributed by atoms with van der Waals surface area (Å²) in [5, 5.41) is 13.3. The minimum Gasteiger partial charge on any atom is -0.478 e. The molecule has 2 N–H and O–H groups in total. The van der Waals surface area contributed by atoms with Crippen molar-refractivity contribution in [2.75, 3.05) is 46.3 Å². The summed E-state index contributed by atoms with van der Waals surface area (Å²) in [5.41, 5.74) is 4.42. The lowest BCUT2D eigenvalue weighted by molar-refractivity contribution is -0.222. The molecule has 5 aliphatic carbocycles. The number of likely N-dealkylation sites (N-methyl/N-ethyl adjacent to an activating group) is 1. The Morgan fingerprint density at radius 1 is 0.833 bits per heavy atom. The first-order chi connectivity index (χ1) is 22.8. The highest BCUT2D eigenvalue weighted by Crippen LogP contribution is 2.77. The number of carbonyl (C=O) groups excluding carboxylic acids is 1. The van der Waals surface area contributed by atoms with Crippen LogP contribution in [0.5, 0.6) is 0 Å². The molecule has 0 bridgehead atoms. The number of amides is 1. The summed E-state index contributed by atoms with van der Waals surface area (Å²) in [6.45, 7) is 18.7. The first kappa shape index (κ1) is 34.3. The smallest absolute Gasteiger partial charge is 0.335 e. The Bertz CT molecular complexity index is 1430. The Kier molecular flexibility index (Phi) is 8.75. The largest absolute Gasteiger partial charge is 0.478 e. The third-order valence-corrected chi connectivity index (χ3v) is 16.4. The second-order valence-electron chi connectivity index (χ2n) is 18.6. The third-order valence-electron chi connectivity index (χ3n) is 16.4. The topological polar surface area (TPSA) is 72.9 Å². The van der Waals surface area contributed by atoms with Crippen LogP contribution in [-0.2, 0) is 4.79 Å². The van der Waals surface area contributed by atoms with Gasteiger partial charge >= 0.3 is 5.97 Å². The van der Waals surface area contributed by atoms with Gasteiger partial charge in [0.2, 0.25) is 5.91 Å². The number of carbonyl (C=O) groups is 2. The normalized spacial score (nSPS) is 40.6. The second-order valence-corrected chi connectivity index (χ2v) is 18.6. The monoisotopic (exact) mass is 657 g/mol. The highest BCUT2D eigenvalue weighted by Gasteiger charge is 2.69. The maximum atomic E-state index is 12.9. The van der Waals surface area contributed by atoms with Crippen LogP contribution in [0.15, 0.2) is 30.3 Å². The van der Waals surface area contributed by atoms with E-state index in [1.807, 2.05) is 12.1 Å². The summed E-state index contributed by atoms with van der Waals surface area (Å²) in [5.74, 6) is 2.43. The van der Waals surface area contributed by atoms with Gasteiger partial charge in [-0.3, -0.25) is 4.79 Å². The molecular weight excluding hydrogens is 594 g/mol. The summed E-state index contributed by atoms with van der Waals surface area (Å²) in [6.07, 6.45) is 16.5. The van der Waals surface area contributed by atoms with Gasteiger partial charge in [-0.05, 0) is 139 Å². The molecule has 5 fully saturated rings. The summed E-state index contributed by atoms with van der Waals surface area (Å²) in [7, 11) is 2.14. The molecule has 0 spiro atoms. The van der Waals surface area contributed by atoms with Gasteiger partial charge in [0.25, 0.3) is 0 Å². The molecule has 1 saturated heterocycles. The van der Waals surface area contributed by atoms with Crippen LogP contribution >= 0.6 is 0 Å². The molecule has 6 heteroatoms. The van der Waals surface area contributed by atoms with Crippen molar-refractivity contribution in [2.45, 2.75) is 105 Å². The number of piperazine rings is 1. The van der Waals surface area contributed by atoms with Crippen molar-refractivity contribution in [1.29, 1.82) is 0 Å². The Labute approximate surface area is 290 Å². The van der Waals surface area contributed by atoms with E-state index >= 15 is 0 Å². The van der Waals surface area contributed by atoms with Crippen LogP contribution in [-0.4, -0.2) is 73.1 Å². The van der Waals surface area contributed by atoms with Crippen molar-refractivity contribution >= 4 is 17.4 Å². The quantitative estimate of drug-likeness (QED) is 0.291. The van der Waals surface area contributed by atoms with Crippen molar-refractivity contribution in [3.8, 4) is 0 Å². The second kappa shape index (κ2) is 12.2. The Morgan fingerprint density at radius 2 is 1.56 bits per heavy atom. The first-order valence-electron chi connectivity index (χ1n) is 19.5. The van der Waals surface area contributed by atoms with Crippen molar-refractivity contribution in [3.05, 3.63) is 41.5 Å². The number of carboxylic acids is 1. The van der Waals surface area contributed by atoms with Gasteiger partial charge in [-0.2, -0.15) is 0 Å². The Morgan fingerprint density at radius 3 is 2.27 bits per heavy atom. The maximum Gasteiger partial charge on any atom is 0.335 e. The lowest BCUT2D eigenvalue weighted by Crippen LogP contribution is -2.65. The summed E-state index contributed by atoms with van der Waals surface area (Å²) in [6, 6.07) is 7.63. The maximum absolute atomic E-state index is 12.9. The molecule has 6 aliphatic rings. The standard InChI is InChI=1S/C42H63N3O3/c1-38(2)31(29-9-11-30(12-10-29)37(47)48)15-19-39(3)34(38)16-20-41(5)35(39)14-13-32-33-8-7-18-42(33,22-21-40(32,41)4)28-43-23-17-36(46)45-26-24-44(6)25-27-45/h9-12,15,32-35,43H,7-8,13-14,16-28H2,1-6H3,(H,47,48)/t32-,33?,34?,35?,39+,40-,41-,42-/m1/s1. The van der Waals surface area contributed by atoms with E-state index in [1.165, 1.54) is 68.9 Å². The van der Waals surface area contributed by atoms with E-state index in [-0.39, 0.29) is 10.8 Å². The van der Waals surface area contributed by atoms with Crippen LogP contribution in [0.2, 0.25) is 0 Å². The van der Waals surface area contributed by atoms with Crippen LogP contribution in [0, 0.1) is 50.7 Å². The molecule has 1 aromatic carbocycles. The van der Waals surface area contributed by atoms with Gasteiger partial charge < -0.3 is 20.2 Å². The van der Waals surface area contributed by atoms with E-state index in [0.717, 1.165) is 63.4 Å². The number of hydrogen-bond acceptors (Lipinski definition) is 4. The van der Waals surface area contributed by atoms with E-state index in [1.54, 1.807) is 12.1 Å². The molecule has 1 heterocycles. The van der Waals surface area contributed by atoms with E-state index < -0.39 is 5.97 Å². The predicted octanol–water partition coefficient (Wildman–Crippen LogP) is 7.99. The lowest BCUT2D eigenvalue weighted by atomic mass is 9.32. The fraction of sp³-hybridized carbons (Fsp3) is 0.762. The number of aromatic carboxylic acids is 1. The minimum absolute atomic E-state index is 0.0431. The van der Waals surface area contributed by atoms with Crippen LogP contribution in [0.1, 0.15) is 121 Å². The van der Waals surface area contributed by atoms with Crippen molar-refractivity contribution < 1.29 is 14.7 Å². The average molecular weight is 658 g/mol. The van der Waals surface area contributed by atoms with Gasteiger partial charge in [0.15, 0.2) is 0 Å². The molecule has 1 aromatic rings. The number of allylic oxidation sites excluding steroid dienone is 2. The van der Waals surface area contributed by atoms with Gasteiger partial charge in [-0.1, -0.05) is 59.2 Å². The number of nitrogens with zero attached hydrogens (tertiary/aromatic N) is 2.